The molecule has 0 bridgehead atoms. The largest absolute Gasteiger partial charge is 0.489 e. The maximum Gasteiger partial charge on any atom is 0.338 e. The zero-order chi connectivity index (χ0) is 23.8. The van der Waals surface area contributed by atoms with E-state index in [0.29, 0.717) is 6.61 Å². The Kier molecular flexibility index (Phi) is 7.32. The van der Waals surface area contributed by atoms with Crippen molar-refractivity contribution in [2.24, 2.45) is 0 Å². The summed E-state index contributed by atoms with van der Waals surface area (Å²) < 4.78 is 10.2. The highest BCUT2D eigenvalue weighted by atomic mass is 16.6. The Morgan fingerprint density at radius 3 is 2.06 bits per heavy atom. The molecule has 0 atom stereocenters. The van der Waals surface area contributed by atoms with Crippen molar-refractivity contribution in [3.63, 3.8) is 0 Å². The molecule has 0 radical (unpaired) electrons. The van der Waals surface area contributed by atoms with E-state index < -0.39 is 28.4 Å². The first-order valence-electron chi connectivity index (χ1n) is 9.62. The summed E-state index contributed by atoms with van der Waals surface area (Å²) in [4.78, 5) is 46.8. The molecule has 0 unspecified atom stereocenters. The number of rotatable bonds is 7. The van der Waals surface area contributed by atoms with E-state index in [1.807, 2.05) is 30.3 Å². The van der Waals surface area contributed by atoms with Crippen LogP contribution in [0.15, 0.2) is 72.8 Å². The van der Waals surface area contributed by atoms with E-state index >= 15 is 0 Å². The number of nitrogens with one attached hydrogen (secondary N) is 2. The molecule has 0 aromatic heterocycles. The van der Waals surface area contributed by atoms with E-state index in [4.69, 9.17) is 4.74 Å². The Bertz CT molecular complexity index is 1180. The zero-order valence-corrected chi connectivity index (χ0v) is 17.4. The molecule has 10 heteroatoms. The average molecular weight is 449 g/mol. The van der Waals surface area contributed by atoms with Crippen molar-refractivity contribution in [2.75, 3.05) is 7.11 Å². The fourth-order valence-corrected chi connectivity index (χ4v) is 2.78. The van der Waals surface area contributed by atoms with Crippen molar-refractivity contribution >= 4 is 23.5 Å². The van der Waals surface area contributed by atoms with Crippen LogP contribution in [0.3, 0.4) is 0 Å². The van der Waals surface area contributed by atoms with Gasteiger partial charge in [0.25, 0.3) is 17.5 Å². The number of esters is 1. The number of hydrazine groups is 1. The summed E-state index contributed by atoms with van der Waals surface area (Å²) in [7, 11) is 1.11. The van der Waals surface area contributed by atoms with Crippen LogP contribution in [-0.2, 0) is 11.3 Å². The Morgan fingerprint density at radius 2 is 1.45 bits per heavy atom. The van der Waals surface area contributed by atoms with Gasteiger partial charge in [-0.1, -0.05) is 30.3 Å². The second-order valence-corrected chi connectivity index (χ2v) is 6.72. The normalized spacial score (nSPS) is 10.1. The fraction of sp³-hybridized carbons (Fsp3) is 0.0870. The highest BCUT2D eigenvalue weighted by molar-refractivity contribution is 6.01. The molecule has 10 nitrogen and oxygen atoms in total. The molecule has 33 heavy (non-hydrogen) atoms. The molecular weight excluding hydrogens is 430 g/mol. The first-order valence-corrected chi connectivity index (χ1v) is 9.62. The minimum atomic E-state index is -0.843. The van der Waals surface area contributed by atoms with Crippen LogP contribution in [-0.4, -0.2) is 29.8 Å². The number of non-ortho nitro benzene ring substituents is 1. The molecule has 0 saturated heterocycles. The Hall–Kier alpha value is -4.73. The summed E-state index contributed by atoms with van der Waals surface area (Å²) >= 11 is 0. The van der Waals surface area contributed by atoms with Gasteiger partial charge in [-0.25, -0.2) is 4.79 Å². The monoisotopic (exact) mass is 449 g/mol. The Labute approximate surface area is 188 Å². The van der Waals surface area contributed by atoms with Crippen LogP contribution >= 0.6 is 0 Å². The molecule has 0 spiro atoms. The van der Waals surface area contributed by atoms with Crippen LogP contribution in [0.5, 0.6) is 5.75 Å². The molecule has 2 N–H and O–H groups in total. The van der Waals surface area contributed by atoms with Gasteiger partial charge in [0.15, 0.2) is 0 Å². The van der Waals surface area contributed by atoms with Crippen molar-refractivity contribution in [2.45, 2.75) is 6.61 Å². The molecule has 2 amide bonds. The van der Waals surface area contributed by atoms with Crippen LogP contribution in [0.25, 0.3) is 0 Å². The number of nitro groups is 1. The van der Waals surface area contributed by atoms with Crippen LogP contribution in [0, 0.1) is 10.1 Å². The molecular formula is C23H19N3O7. The number of nitro benzene ring substituents is 1. The van der Waals surface area contributed by atoms with Crippen molar-refractivity contribution in [3.05, 3.63) is 105 Å². The summed E-state index contributed by atoms with van der Waals surface area (Å²) in [6.45, 7) is 0.317. The number of benzene rings is 3. The number of para-hydroxylation sites is 1. The maximum absolute atomic E-state index is 12.4. The third-order valence-electron chi connectivity index (χ3n) is 4.47. The molecule has 0 saturated carbocycles. The summed E-state index contributed by atoms with van der Waals surface area (Å²) in [5.74, 6) is -1.56. The molecule has 0 aliphatic heterocycles. The van der Waals surface area contributed by atoms with Gasteiger partial charge in [-0.05, 0) is 35.9 Å². The number of methoxy groups -OCH3 is 1. The predicted molar refractivity (Wildman–Crippen MR) is 117 cm³/mol. The number of ether oxygens (including phenoxy) is 2. The van der Waals surface area contributed by atoms with Crippen LogP contribution in [0.1, 0.15) is 36.6 Å². The SMILES string of the molecule is COC(=O)c1cc(C(=O)NNC(=O)c2ccc(COc3ccccc3)cc2)cc([N+](=O)[O-])c1. The molecule has 0 aliphatic rings. The second-order valence-electron chi connectivity index (χ2n) is 6.72. The smallest absolute Gasteiger partial charge is 0.338 e. The first kappa shape index (κ1) is 22.9. The van der Waals surface area contributed by atoms with Crippen molar-refractivity contribution < 1.29 is 28.8 Å². The molecule has 0 heterocycles. The zero-order valence-electron chi connectivity index (χ0n) is 17.4. The summed E-state index contributed by atoms with van der Waals surface area (Å²) in [6, 6.07) is 18.9. The van der Waals surface area contributed by atoms with E-state index in [1.165, 1.54) is 0 Å². The summed E-state index contributed by atoms with van der Waals surface area (Å²) in [6.07, 6.45) is 0. The molecule has 0 fully saturated rings. The number of carbonyl (C=O) groups excluding carboxylic acids is 3. The van der Waals surface area contributed by atoms with Gasteiger partial charge >= 0.3 is 5.97 Å². The lowest BCUT2D eigenvalue weighted by atomic mass is 10.1. The van der Waals surface area contributed by atoms with Gasteiger partial charge < -0.3 is 9.47 Å². The maximum atomic E-state index is 12.4. The van der Waals surface area contributed by atoms with Gasteiger partial charge in [0.2, 0.25) is 0 Å². The Balaban J connectivity index is 1.61. The highest BCUT2D eigenvalue weighted by Gasteiger charge is 2.19. The third-order valence-corrected chi connectivity index (χ3v) is 4.47. The van der Waals surface area contributed by atoms with E-state index in [2.05, 4.69) is 15.6 Å². The average Bonchev–Trinajstić information content (AvgIpc) is 2.85. The molecule has 3 rings (SSSR count). The summed E-state index contributed by atoms with van der Waals surface area (Å²) in [5.41, 5.74) is 4.68. The highest BCUT2D eigenvalue weighted by Crippen LogP contribution is 2.18. The lowest BCUT2D eigenvalue weighted by molar-refractivity contribution is -0.384. The molecule has 3 aromatic carbocycles. The number of hydrogen-bond acceptors (Lipinski definition) is 7. The van der Waals surface area contributed by atoms with Crippen LogP contribution in [0.4, 0.5) is 5.69 Å². The van der Waals surface area contributed by atoms with Gasteiger partial charge in [-0.2, -0.15) is 0 Å². The third kappa shape index (κ3) is 6.14. The number of amides is 2. The molecule has 168 valence electrons. The van der Waals surface area contributed by atoms with Crippen molar-refractivity contribution in [1.82, 2.24) is 10.9 Å². The van der Waals surface area contributed by atoms with Crippen molar-refractivity contribution in [3.8, 4) is 5.75 Å². The van der Waals surface area contributed by atoms with E-state index in [0.717, 1.165) is 36.6 Å². The summed E-state index contributed by atoms with van der Waals surface area (Å²) in [5, 5.41) is 11.1. The van der Waals surface area contributed by atoms with Gasteiger partial charge in [0, 0.05) is 23.3 Å². The van der Waals surface area contributed by atoms with E-state index in [9.17, 15) is 24.5 Å². The second kappa shape index (κ2) is 10.5. The lowest BCUT2D eigenvalue weighted by Gasteiger charge is -2.09. The van der Waals surface area contributed by atoms with Gasteiger partial charge in [0.1, 0.15) is 12.4 Å². The minimum absolute atomic E-state index is 0.170. The molecule has 0 aliphatic carbocycles. The number of hydrogen-bond donors (Lipinski definition) is 2. The first-order chi connectivity index (χ1) is 15.9. The number of carbonyl (C=O) groups is 3. The lowest BCUT2D eigenvalue weighted by Crippen LogP contribution is -2.41. The Morgan fingerprint density at radius 1 is 0.848 bits per heavy atom. The minimum Gasteiger partial charge on any atom is -0.489 e. The van der Waals surface area contributed by atoms with Crippen LogP contribution < -0.4 is 15.6 Å². The fourth-order valence-electron chi connectivity index (χ4n) is 2.78. The van der Waals surface area contributed by atoms with E-state index in [-0.39, 0.29) is 16.7 Å². The van der Waals surface area contributed by atoms with Crippen LogP contribution in [0.2, 0.25) is 0 Å². The van der Waals surface area contributed by atoms with E-state index in [1.54, 1.807) is 24.3 Å². The van der Waals surface area contributed by atoms with Gasteiger partial charge in [0.05, 0.1) is 17.6 Å². The topological polar surface area (TPSA) is 137 Å². The standard InChI is InChI=1S/C23H19N3O7/c1-32-23(29)18-11-17(12-19(13-18)26(30)31)22(28)25-24-21(27)16-9-7-15(8-10-16)14-33-20-5-3-2-4-6-20/h2-13H,14H2,1H3,(H,24,27)(H,25,28). The van der Waals surface area contributed by atoms with Gasteiger partial charge in [-0.3, -0.25) is 30.6 Å². The molecule has 3 aromatic rings. The number of nitrogens with zero attached hydrogens (tertiary/aromatic N) is 1. The van der Waals surface area contributed by atoms with Crippen molar-refractivity contribution in [1.29, 1.82) is 0 Å². The van der Waals surface area contributed by atoms with Gasteiger partial charge in [-0.15, -0.1) is 0 Å². The predicted octanol–water partition coefficient (Wildman–Crippen LogP) is 3.04. The quantitative estimate of drug-likeness (QED) is 0.321.